The van der Waals surface area contributed by atoms with E-state index in [-0.39, 0.29) is 26.8 Å². The maximum atomic E-state index is 12.5. The lowest BCUT2D eigenvalue weighted by Gasteiger charge is -2.11. The van der Waals surface area contributed by atoms with Gasteiger partial charge in [0.2, 0.25) is 0 Å². The zero-order chi connectivity index (χ0) is 14.9. The van der Waals surface area contributed by atoms with Gasteiger partial charge in [-0.15, -0.1) is 0 Å². The van der Waals surface area contributed by atoms with Gasteiger partial charge in [-0.1, -0.05) is 34.8 Å². The van der Waals surface area contributed by atoms with Crippen molar-refractivity contribution >= 4 is 34.8 Å². The van der Waals surface area contributed by atoms with Crippen molar-refractivity contribution in [1.29, 1.82) is 0 Å². The first-order chi connectivity index (χ1) is 9.25. The lowest BCUT2D eigenvalue weighted by atomic mass is 10.2. The second kappa shape index (κ2) is 5.68. The molecule has 2 aromatic rings. The number of hydrogen-bond donors (Lipinski definition) is 0. The van der Waals surface area contributed by atoms with Crippen LogP contribution in [0.15, 0.2) is 30.3 Å². The second-order valence-corrected chi connectivity index (χ2v) is 4.88. The molecule has 2 rings (SSSR count). The molecule has 0 aliphatic carbocycles. The van der Waals surface area contributed by atoms with Gasteiger partial charge in [0, 0.05) is 12.1 Å². The third-order valence-corrected chi connectivity index (χ3v) is 2.91. The van der Waals surface area contributed by atoms with Gasteiger partial charge in [0.1, 0.15) is 21.8 Å². The minimum atomic E-state index is -4.47. The Morgan fingerprint density at radius 2 is 1.55 bits per heavy atom. The molecule has 1 aromatic heterocycles. The summed E-state index contributed by atoms with van der Waals surface area (Å²) in [7, 11) is 0. The summed E-state index contributed by atoms with van der Waals surface area (Å²) in [5, 5.41) is 0.00921. The summed E-state index contributed by atoms with van der Waals surface area (Å²) < 4.78 is 42.8. The van der Waals surface area contributed by atoms with Gasteiger partial charge in [-0.25, -0.2) is 4.98 Å². The van der Waals surface area contributed by atoms with Crippen LogP contribution in [0.4, 0.5) is 13.2 Å². The lowest BCUT2D eigenvalue weighted by molar-refractivity contribution is -0.137. The molecule has 0 N–H and O–H groups in total. The smallest absolute Gasteiger partial charge is 0.416 e. The number of alkyl halides is 3. The molecule has 106 valence electrons. The third-order valence-electron chi connectivity index (χ3n) is 2.22. The van der Waals surface area contributed by atoms with Crippen molar-refractivity contribution in [2.75, 3.05) is 0 Å². The van der Waals surface area contributed by atoms with E-state index < -0.39 is 11.7 Å². The number of ether oxygens (including phenoxy) is 1. The van der Waals surface area contributed by atoms with E-state index in [0.29, 0.717) is 0 Å². The largest absolute Gasteiger partial charge is 0.456 e. The molecule has 0 saturated carbocycles. The first-order valence-corrected chi connectivity index (χ1v) is 6.27. The van der Waals surface area contributed by atoms with Crippen molar-refractivity contribution in [2.45, 2.75) is 6.18 Å². The van der Waals surface area contributed by atoms with Crippen molar-refractivity contribution in [2.24, 2.45) is 0 Å². The topological polar surface area (TPSA) is 22.1 Å². The fourth-order valence-corrected chi connectivity index (χ4v) is 2.05. The van der Waals surface area contributed by atoms with E-state index in [1.807, 2.05) is 0 Å². The Morgan fingerprint density at radius 1 is 0.950 bits per heavy atom. The minimum absolute atomic E-state index is 0.0537. The molecule has 2 nitrogen and oxygen atoms in total. The average molecular weight is 343 g/mol. The van der Waals surface area contributed by atoms with E-state index in [1.165, 1.54) is 12.1 Å². The van der Waals surface area contributed by atoms with E-state index in [2.05, 4.69) is 4.98 Å². The Labute approximate surface area is 127 Å². The molecule has 0 spiro atoms. The number of pyridine rings is 1. The lowest BCUT2D eigenvalue weighted by Crippen LogP contribution is -2.04. The van der Waals surface area contributed by atoms with Crippen molar-refractivity contribution in [3.63, 3.8) is 0 Å². The summed E-state index contributed by atoms with van der Waals surface area (Å²) in [5.74, 6) is 0.273. The molecule has 1 heterocycles. The van der Waals surface area contributed by atoms with E-state index >= 15 is 0 Å². The van der Waals surface area contributed by atoms with Gasteiger partial charge in [0.25, 0.3) is 0 Å². The first-order valence-electron chi connectivity index (χ1n) is 5.13. The standard InChI is InChI=1S/C12H5Cl3F3NO/c13-8-3-6(12(16,17)18)1-2-9(8)20-7-4-10(14)19-11(15)5-7/h1-5H. The molecular weight excluding hydrogens is 337 g/mol. The average Bonchev–Trinajstić information content (AvgIpc) is 2.29. The van der Waals surface area contributed by atoms with Crippen LogP contribution < -0.4 is 4.74 Å². The van der Waals surface area contributed by atoms with Crippen LogP contribution in [-0.2, 0) is 6.18 Å². The minimum Gasteiger partial charge on any atom is -0.456 e. The van der Waals surface area contributed by atoms with Gasteiger partial charge < -0.3 is 4.74 Å². The van der Waals surface area contributed by atoms with E-state index in [1.54, 1.807) is 0 Å². The van der Waals surface area contributed by atoms with Gasteiger partial charge in [0.05, 0.1) is 10.6 Å². The number of hydrogen-bond acceptors (Lipinski definition) is 2. The maximum absolute atomic E-state index is 12.5. The number of halogens is 6. The molecule has 0 atom stereocenters. The normalized spacial score (nSPS) is 11.5. The van der Waals surface area contributed by atoms with Crippen molar-refractivity contribution in [3.05, 3.63) is 51.2 Å². The third kappa shape index (κ3) is 3.69. The van der Waals surface area contributed by atoms with Crippen LogP contribution in [0.25, 0.3) is 0 Å². The molecule has 0 aliphatic heterocycles. The Bertz CT molecular complexity index is 626. The molecule has 1 aromatic carbocycles. The molecular formula is C12H5Cl3F3NO. The van der Waals surface area contributed by atoms with Crippen LogP contribution in [0.5, 0.6) is 11.5 Å². The summed E-state index contributed by atoms with van der Waals surface area (Å²) in [5.41, 5.74) is -0.861. The fourth-order valence-electron chi connectivity index (χ4n) is 1.39. The molecule has 8 heteroatoms. The Morgan fingerprint density at radius 3 is 2.05 bits per heavy atom. The Hall–Kier alpha value is -1.17. The highest BCUT2D eigenvalue weighted by atomic mass is 35.5. The van der Waals surface area contributed by atoms with Crippen LogP contribution in [-0.4, -0.2) is 4.98 Å². The number of aromatic nitrogens is 1. The molecule has 20 heavy (non-hydrogen) atoms. The number of nitrogens with zero attached hydrogens (tertiary/aromatic N) is 1. The fraction of sp³-hybridized carbons (Fsp3) is 0.0833. The molecule has 0 bridgehead atoms. The van der Waals surface area contributed by atoms with Crippen LogP contribution in [0.2, 0.25) is 15.3 Å². The predicted molar refractivity (Wildman–Crippen MR) is 70.8 cm³/mol. The van der Waals surface area contributed by atoms with Crippen molar-refractivity contribution < 1.29 is 17.9 Å². The SMILES string of the molecule is FC(F)(F)c1ccc(Oc2cc(Cl)nc(Cl)c2)c(Cl)c1. The molecule has 0 radical (unpaired) electrons. The summed E-state index contributed by atoms with van der Waals surface area (Å²) in [6, 6.07) is 5.49. The van der Waals surface area contributed by atoms with Crippen molar-refractivity contribution in [3.8, 4) is 11.5 Å². The highest BCUT2D eigenvalue weighted by Crippen LogP contribution is 2.36. The monoisotopic (exact) mass is 341 g/mol. The number of benzene rings is 1. The summed E-state index contributed by atoms with van der Waals surface area (Å²) >= 11 is 17.1. The second-order valence-electron chi connectivity index (χ2n) is 3.69. The first kappa shape index (κ1) is 15.2. The zero-order valence-corrected chi connectivity index (χ0v) is 11.8. The van der Waals surface area contributed by atoms with Gasteiger partial charge in [-0.3, -0.25) is 0 Å². The highest BCUT2D eigenvalue weighted by molar-refractivity contribution is 6.33. The van der Waals surface area contributed by atoms with Gasteiger partial charge in [-0.05, 0) is 18.2 Å². The quantitative estimate of drug-likeness (QED) is 0.638. The summed E-state index contributed by atoms with van der Waals surface area (Å²) in [6.45, 7) is 0. The van der Waals surface area contributed by atoms with Crippen LogP contribution in [0, 0.1) is 0 Å². The van der Waals surface area contributed by atoms with Gasteiger partial charge >= 0.3 is 6.18 Å². The van der Waals surface area contributed by atoms with Crippen LogP contribution in [0.1, 0.15) is 5.56 Å². The van der Waals surface area contributed by atoms with E-state index in [9.17, 15) is 13.2 Å². The van der Waals surface area contributed by atoms with Gasteiger partial charge in [-0.2, -0.15) is 13.2 Å². The number of rotatable bonds is 2. The maximum Gasteiger partial charge on any atom is 0.416 e. The van der Waals surface area contributed by atoms with Crippen LogP contribution in [0.3, 0.4) is 0 Å². The van der Waals surface area contributed by atoms with Crippen LogP contribution >= 0.6 is 34.8 Å². The van der Waals surface area contributed by atoms with Gasteiger partial charge in [0.15, 0.2) is 0 Å². The summed E-state index contributed by atoms with van der Waals surface area (Å²) in [4.78, 5) is 3.71. The Kier molecular flexibility index (Phi) is 4.32. The Balaban J connectivity index is 2.30. The predicted octanol–water partition coefficient (Wildman–Crippen LogP) is 5.85. The van der Waals surface area contributed by atoms with E-state index in [0.717, 1.165) is 18.2 Å². The molecule has 0 amide bonds. The van der Waals surface area contributed by atoms with E-state index in [4.69, 9.17) is 39.5 Å². The zero-order valence-electron chi connectivity index (χ0n) is 9.51. The van der Waals surface area contributed by atoms with Crippen molar-refractivity contribution in [1.82, 2.24) is 4.98 Å². The molecule has 0 unspecified atom stereocenters. The highest BCUT2D eigenvalue weighted by Gasteiger charge is 2.31. The molecule has 0 aliphatic rings. The molecule has 0 fully saturated rings. The summed E-state index contributed by atoms with van der Waals surface area (Å²) in [6.07, 6.45) is -4.47. The molecule has 0 saturated heterocycles.